The normalized spacial score (nSPS) is 12.7. The maximum atomic E-state index is 12.4. The van der Waals surface area contributed by atoms with Crippen molar-refractivity contribution in [3.8, 4) is 0 Å². The number of carbonyl (C=O) groups is 2. The molecule has 0 spiro atoms. The van der Waals surface area contributed by atoms with E-state index in [-0.39, 0.29) is 18.5 Å². The van der Waals surface area contributed by atoms with E-state index in [9.17, 15) is 19.8 Å². The Morgan fingerprint density at radius 3 is 0.950 bits per heavy atom. The predicted octanol–water partition coefficient (Wildman–Crippen LogP) is 23.5. The molecule has 0 saturated carbocycles. The lowest BCUT2D eigenvalue weighted by Crippen LogP contribution is -2.45. The fourth-order valence-electron chi connectivity index (χ4n) is 11.4. The summed E-state index contributed by atoms with van der Waals surface area (Å²) in [5.74, 6) is -0.0438. The molecule has 80 heavy (non-hydrogen) atoms. The third-order valence-corrected chi connectivity index (χ3v) is 16.9. The highest BCUT2D eigenvalue weighted by molar-refractivity contribution is 5.76. The molecule has 0 aliphatic heterocycles. The highest BCUT2D eigenvalue weighted by Gasteiger charge is 2.18. The number of esters is 1. The van der Waals surface area contributed by atoms with Crippen LogP contribution in [0.5, 0.6) is 0 Å². The summed E-state index contributed by atoms with van der Waals surface area (Å²) in [6.07, 6.45) is 89.8. The van der Waals surface area contributed by atoms with Gasteiger partial charge in [-0.15, -0.1) is 0 Å². The molecule has 0 aromatic carbocycles. The van der Waals surface area contributed by atoms with Gasteiger partial charge in [0.25, 0.3) is 0 Å². The van der Waals surface area contributed by atoms with E-state index in [4.69, 9.17) is 4.74 Å². The highest BCUT2D eigenvalue weighted by Crippen LogP contribution is 2.19. The lowest BCUT2D eigenvalue weighted by atomic mass is 10.0. The smallest absolute Gasteiger partial charge is 0.305 e. The van der Waals surface area contributed by atoms with Crippen LogP contribution in [-0.4, -0.2) is 47.4 Å². The van der Waals surface area contributed by atoms with Crippen molar-refractivity contribution in [1.29, 1.82) is 0 Å². The van der Waals surface area contributed by atoms with Gasteiger partial charge in [0.1, 0.15) is 0 Å². The number of unbranched alkanes of at least 4 members (excludes halogenated alkanes) is 53. The van der Waals surface area contributed by atoms with Crippen molar-refractivity contribution >= 4 is 11.9 Å². The Hall–Kier alpha value is -1.92. The Kier molecular flexibility index (Phi) is 67.9. The Balaban J connectivity index is 3.33. The van der Waals surface area contributed by atoms with Crippen molar-refractivity contribution in [2.24, 2.45) is 0 Å². The zero-order chi connectivity index (χ0) is 57.8. The Morgan fingerprint density at radius 2 is 0.625 bits per heavy atom. The number of aliphatic hydroxyl groups excluding tert-OH is 2. The molecule has 0 aromatic rings. The molecule has 0 aliphatic carbocycles. The van der Waals surface area contributed by atoms with Crippen molar-refractivity contribution in [3.63, 3.8) is 0 Å². The molecule has 472 valence electrons. The number of ether oxygens (including phenoxy) is 1. The second-order valence-corrected chi connectivity index (χ2v) is 24.9. The summed E-state index contributed by atoms with van der Waals surface area (Å²) in [4.78, 5) is 24.5. The van der Waals surface area contributed by atoms with E-state index in [2.05, 4.69) is 43.5 Å². The van der Waals surface area contributed by atoms with Gasteiger partial charge in [0.2, 0.25) is 5.91 Å². The molecular weight excluding hydrogens is 983 g/mol. The van der Waals surface area contributed by atoms with Gasteiger partial charge in [-0.1, -0.05) is 359 Å². The molecule has 0 saturated heterocycles. The van der Waals surface area contributed by atoms with Gasteiger partial charge >= 0.3 is 5.97 Å². The van der Waals surface area contributed by atoms with Crippen molar-refractivity contribution in [2.75, 3.05) is 13.2 Å². The molecule has 3 N–H and O–H groups in total. The summed E-state index contributed by atoms with van der Waals surface area (Å²) in [5, 5.41) is 23.0. The van der Waals surface area contributed by atoms with Crippen molar-refractivity contribution in [1.82, 2.24) is 5.32 Å². The third-order valence-electron chi connectivity index (χ3n) is 16.9. The van der Waals surface area contributed by atoms with Gasteiger partial charge in [0.15, 0.2) is 0 Å². The van der Waals surface area contributed by atoms with Gasteiger partial charge in [-0.25, -0.2) is 0 Å². The monoisotopic (exact) mass is 1120 g/mol. The number of rotatable bonds is 68. The summed E-state index contributed by atoms with van der Waals surface area (Å²) in [5.41, 5.74) is 0. The Morgan fingerprint density at radius 1 is 0.350 bits per heavy atom. The van der Waals surface area contributed by atoms with Crippen LogP contribution in [0.4, 0.5) is 0 Å². The number of allylic oxidation sites excluding steroid dienone is 5. The van der Waals surface area contributed by atoms with E-state index in [0.29, 0.717) is 19.4 Å². The van der Waals surface area contributed by atoms with Crippen LogP contribution < -0.4 is 5.32 Å². The van der Waals surface area contributed by atoms with Gasteiger partial charge in [-0.3, -0.25) is 9.59 Å². The van der Waals surface area contributed by atoms with E-state index in [1.807, 2.05) is 6.08 Å². The fraction of sp³-hybridized carbons (Fsp3) is 0.892. The van der Waals surface area contributed by atoms with Crippen molar-refractivity contribution < 1.29 is 24.5 Å². The first-order chi connectivity index (χ1) is 39.5. The molecule has 0 fully saturated rings. The molecule has 0 radical (unpaired) electrons. The van der Waals surface area contributed by atoms with Crippen LogP contribution >= 0.6 is 0 Å². The molecule has 0 rings (SSSR count). The van der Waals surface area contributed by atoms with Gasteiger partial charge in [0, 0.05) is 12.8 Å². The predicted molar refractivity (Wildman–Crippen MR) is 352 cm³/mol. The summed E-state index contributed by atoms with van der Waals surface area (Å²) in [6, 6.07) is -0.623. The minimum absolute atomic E-state index is 0.0229. The van der Waals surface area contributed by atoms with Crippen molar-refractivity contribution in [3.05, 3.63) is 36.5 Å². The van der Waals surface area contributed by atoms with Crippen LogP contribution in [0.25, 0.3) is 0 Å². The SMILES string of the molecule is CCCCCCCCC/C=C/C(O)C(CO)NC(=O)CCCCCCCCCCCCCCCCCCC/C=C\C/C=C\CCCCCCCCCCCCCCCOC(=O)CCCCCCCCCCCCCCCCCCC. The average molecular weight is 1120 g/mol. The number of hydrogen-bond donors (Lipinski definition) is 3. The number of carbonyl (C=O) groups excluding carboxylic acids is 2. The number of aliphatic hydroxyl groups is 2. The number of hydrogen-bond acceptors (Lipinski definition) is 5. The van der Waals surface area contributed by atoms with Crippen LogP contribution in [0.2, 0.25) is 0 Å². The van der Waals surface area contributed by atoms with Crippen LogP contribution in [0, 0.1) is 0 Å². The van der Waals surface area contributed by atoms with Crippen LogP contribution in [-0.2, 0) is 14.3 Å². The highest BCUT2D eigenvalue weighted by atomic mass is 16.5. The van der Waals surface area contributed by atoms with Gasteiger partial charge in [-0.2, -0.15) is 0 Å². The van der Waals surface area contributed by atoms with Crippen molar-refractivity contribution in [2.45, 2.75) is 411 Å². The van der Waals surface area contributed by atoms with E-state index in [1.165, 1.54) is 327 Å². The Bertz CT molecular complexity index is 1300. The van der Waals surface area contributed by atoms with Crippen LogP contribution in [0.1, 0.15) is 399 Å². The molecule has 2 unspecified atom stereocenters. The van der Waals surface area contributed by atoms with E-state index < -0.39 is 12.1 Å². The number of nitrogens with one attached hydrogen (secondary N) is 1. The molecule has 6 heteroatoms. The van der Waals surface area contributed by atoms with Gasteiger partial charge < -0.3 is 20.3 Å². The third kappa shape index (κ3) is 65.2. The maximum absolute atomic E-state index is 12.4. The zero-order valence-corrected chi connectivity index (χ0v) is 54.1. The minimum Gasteiger partial charge on any atom is -0.466 e. The van der Waals surface area contributed by atoms with E-state index >= 15 is 0 Å². The van der Waals surface area contributed by atoms with Gasteiger partial charge in [-0.05, 0) is 64.2 Å². The molecule has 0 bridgehead atoms. The second kappa shape index (κ2) is 69.6. The quantitative estimate of drug-likeness (QED) is 0.0320. The first-order valence-corrected chi connectivity index (χ1v) is 36.3. The second-order valence-electron chi connectivity index (χ2n) is 24.9. The van der Waals surface area contributed by atoms with Crippen LogP contribution in [0.15, 0.2) is 36.5 Å². The average Bonchev–Trinajstić information content (AvgIpc) is 3.46. The zero-order valence-electron chi connectivity index (χ0n) is 54.1. The summed E-state index contributed by atoms with van der Waals surface area (Å²) < 4.78 is 5.51. The molecule has 1 amide bonds. The summed E-state index contributed by atoms with van der Waals surface area (Å²) in [7, 11) is 0. The standard InChI is InChI=1S/C74H141NO5/c1-3-5-7-9-11-13-14-15-16-38-42-45-48-52-56-60-64-68-74(79)80-69-65-61-57-53-49-46-43-40-37-35-33-31-29-27-25-23-21-19-17-18-20-22-24-26-28-30-32-34-36-39-41-44-47-51-55-59-63-67-73(78)75-71(70-76)72(77)66-62-58-54-50-12-10-8-6-4-2/h17,19,23,25,62,66,71-72,76-77H,3-16,18,20-22,24,26-61,63-65,67-70H2,1-2H3,(H,75,78)/b19-17-,25-23-,66-62+. The topological polar surface area (TPSA) is 95.9 Å². The lowest BCUT2D eigenvalue weighted by Gasteiger charge is -2.20. The number of amides is 1. The molecule has 0 heterocycles. The molecule has 0 aliphatic rings. The minimum atomic E-state index is -0.840. The molecular formula is C74H141NO5. The molecule has 6 nitrogen and oxygen atoms in total. The summed E-state index contributed by atoms with van der Waals surface area (Å²) >= 11 is 0. The van der Waals surface area contributed by atoms with Crippen LogP contribution in [0.3, 0.4) is 0 Å². The van der Waals surface area contributed by atoms with E-state index in [0.717, 1.165) is 44.9 Å². The first kappa shape index (κ1) is 78.1. The lowest BCUT2D eigenvalue weighted by molar-refractivity contribution is -0.143. The van der Waals surface area contributed by atoms with Gasteiger partial charge in [0.05, 0.1) is 25.4 Å². The van der Waals surface area contributed by atoms with E-state index in [1.54, 1.807) is 6.08 Å². The molecule has 0 aromatic heterocycles. The Labute approximate surface area is 500 Å². The summed E-state index contributed by atoms with van der Waals surface area (Å²) in [6.45, 7) is 4.91. The molecule has 2 atom stereocenters. The maximum Gasteiger partial charge on any atom is 0.305 e. The fourth-order valence-corrected chi connectivity index (χ4v) is 11.4. The first-order valence-electron chi connectivity index (χ1n) is 36.3. The largest absolute Gasteiger partial charge is 0.466 e.